The van der Waals surface area contributed by atoms with Gasteiger partial charge in [-0.1, -0.05) is 23.7 Å². The molecule has 0 bridgehead atoms. The Morgan fingerprint density at radius 3 is 2.71 bits per heavy atom. The number of aromatic nitrogens is 2. The van der Waals surface area contributed by atoms with Crippen molar-refractivity contribution in [3.8, 4) is 11.6 Å². The van der Waals surface area contributed by atoms with Crippen LogP contribution in [0, 0.1) is 0 Å². The molecule has 2 rings (SSSR count). The monoisotopic (exact) mass is 327 g/mol. The van der Waals surface area contributed by atoms with Gasteiger partial charge in [0.05, 0.1) is 6.61 Å². The lowest BCUT2D eigenvalue weighted by molar-refractivity contribution is 0.0523. The standard InChI is InChI=1S/C13H11Cl2N3O3/c1-2-20-12(19)7-5-3-4-6-8(7)21-11-9(16)10(14)17-13(15)18-11/h3-6H,2,16H2,1H3. The highest BCUT2D eigenvalue weighted by atomic mass is 35.5. The minimum absolute atomic E-state index is 0.0275. The van der Waals surface area contributed by atoms with Crippen LogP contribution >= 0.6 is 23.2 Å². The Hall–Kier alpha value is -2.05. The first-order valence-corrected chi connectivity index (χ1v) is 6.71. The van der Waals surface area contributed by atoms with E-state index in [4.69, 9.17) is 38.4 Å². The number of anilines is 1. The Bertz CT molecular complexity index is 680. The predicted molar refractivity (Wildman–Crippen MR) is 78.9 cm³/mol. The molecule has 21 heavy (non-hydrogen) atoms. The van der Waals surface area contributed by atoms with E-state index in [9.17, 15) is 4.79 Å². The molecular weight excluding hydrogens is 317 g/mol. The number of esters is 1. The zero-order chi connectivity index (χ0) is 15.4. The molecule has 0 aliphatic carbocycles. The molecule has 0 spiro atoms. The molecule has 2 N–H and O–H groups in total. The molecule has 0 aliphatic heterocycles. The fourth-order valence-electron chi connectivity index (χ4n) is 1.51. The van der Waals surface area contributed by atoms with Gasteiger partial charge in [0.25, 0.3) is 0 Å². The zero-order valence-electron chi connectivity index (χ0n) is 11.0. The van der Waals surface area contributed by atoms with E-state index < -0.39 is 5.97 Å². The van der Waals surface area contributed by atoms with Crippen LogP contribution in [0.2, 0.25) is 10.4 Å². The summed E-state index contributed by atoms with van der Waals surface area (Å²) in [5.41, 5.74) is 6.00. The van der Waals surface area contributed by atoms with Gasteiger partial charge in [0.1, 0.15) is 17.0 Å². The first-order valence-electron chi connectivity index (χ1n) is 5.95. The molecule has 8 heteroatoms. The maximum Gasteiger partial charge on any atom is 0.341 e. The van der Waals surface area contributed by atoms with Crippen LogP contribution in [-0.4, -0.2) is 22.5 Å². The van der Waals surface area contributed by atoms with Crippen LogP contribution in [0.15, 0.2) is 24.3 Å². The van der Waals surface area contributed by atoms with Gasteiger partial charge in [0, 0.05) is 0 Å². The summed E-state index contributed by atoms with van der Waals surface area (Å²) >= 11 is 11.5. The van der Waals surface area contributed by atoms with Gasteiger partial charge in [-0.25, -0.2) is 9.78 Å². The predicted octanol–water partition coefficient (Wildman–Crippen LogP) is 3.33. The summed E-state index contributed by atoms with van der Waals surface area (Å²) in [4.78, 5) is 19.4. The SMILES string of the molecule is CCOC(=O)c1ccccc1Oc1nc(Cl)nc(Cl)c1N. The van der Waals surface area contributed by atoms with Crippen molar-refractivity contribution in [2.24, 2.45) is 0 Å². The van der Waals surface area contributed by atoms with E-state index in [1.54, 1.807) is 31.2 Å². The van der Waals surface area contributed by atoms with Crippen molar-refractivity contribution in [1.29, 1.82) is 0 Å². The van der Waals surface area contributed by atoms with E-state index in [1.165, 1.54) is 0 Å². The van der Waals surface area contributed by atoms with Gasteiger partial charge >= 0.3 is 5.97 Å². The highest BCUT2D eigenvalue weighted by Crippen LogP contribution is 2.32. The van der Waals surface area contributed by atoms with E-state index in [0.29, 0.717) is 0 Å². The molecule has 0 atom stereocenters. The van der Waals surface area contributed by atoms with Crippen LogP contribution in [0.1, 0.15) is 17.3 Å². The van der Waals surface area contributed by atoms with Crippen LogP contribution < -0.4 is 10.5 Å². The quantitative estimate of drug-likeness (QED) is 0.526. The highest BCUT2D eigenvalue weighted by molar-refractivity contribution is 6.33. The van der Waals surface area contributed by atoms with Crippen molar-refractivity contribution >= 4 is 34.9 Å². The summed E-state index contributed by atoms with van der Waals surface area (Å²) in [5, 5.41) is -0.142. The number of carbonyl (C=O) groups is 1. The third-order valence-electron chi connectivity index (χ3n) is 2.43. The van der Waals surface area contributed by atoms with E-state index in [1.807, 2.05) is 0 Å². The van der Waals surface area contributed by atoms with Gasteiger partial charge in [0.2, 0.25) is 11.2 Å². The van der Waals surface area contributed by atoms with E-state index in [0.717, 1.165) is 0 Å². The van der Waals surface area contributed by atoms with Crippen molar-refractivity contribution in [3.05, 3.63) is 40.3 Å². The second-order valence-electron chi connectivity index (χ2n) is 3.82. The molecule has 0 saturated carbocycles. The maximum atomic E-state index is 11.9. The minimum Gasteiger partial charge on any atom is -0.462 e. The molecule has 6 nitrogen and oxygen atoms in total. The lowest BCUT2D eigenvalue weighted by Crippen LogP contribution is -2.07. The summed E-state index contributed by atoms with van der Waals surface area (Å²) in [7, 11) is 0. The van der Waals surface area contributed by atoms with Gasteiger partial charge in [-0.15, -0.1) is 0 Å². The maximum absolute atomic E-state index is 11.9. The smallest absolute Gasteiger partial charge is 0.341 e. The first kappa shape index (κ1) is 15.3. The third-order valence-corrected chi connectivity index (χ3v) is 2.88. The third kappa shape index (κ3) is 3.53. The number of ether oxygens (including phenoxy) is 2. The summed E-state index contributed by atoms with van der Waals surface area (Å²) in [6.45, 7) is 1.96. The van der Waals surface area contributed by atoms with E-state index in [2.05, 4.69) is 9.97 Å². The van der Waals surface area contributed by atoms with Crippen LogP contribution in [0.4, 0.5) is 5.69 Å². The number of carbonyl (C=O) groups excluding carboxylic acids is 1. The number of halogens is 2. The van der Waals surface area contributed by atoms with Gasteiger partial charge in [0.15, 0.2) is 5.15 Å². The lowest BCUT2D eigenvalue weighted by atomic mass is 10.2. The Morgan fingerprint density at radius 1 is 1.29 bits per heavy atom. The van der Waals surface area contributed by atoms with Crippen molar-refractivity contribution < 1.29 is 14.3 Å². The number of nitrogen functional groups attached to an aromatic ring is 1. The molecular formula is C13H11Cl2N3O3. The number of para-hydroxylation sites is 1. The Labute approximate surface area is 130 Å². The molecule has 2 aromatic rings. The van der Waals surface area contributed by atoms with Crippen molar-refractivity contribution in [2.45, 2.75) is 6.92 Å². The molecule has 0 amide bonds. The number of hydrogen-bond donors (Lipinski definition) is 1. The molecule has 110 valence electrons. The average Bonchev–Trinajstić information content (AvgIpc) is 2.45. The molecule has 0 unspecified atom stereocenters. The molecule has 0 radical (unpaired) electrons. The fourth-order valence-corrected chi connectivity index (χ4v) is 1.88. The topological polar surface area (TPSA) is 87.3 Å². The summed E-state index contributed by atoms with van der Waals surface area (Å²) in [6.07, 6.45) is 0. The number of rotatable bonds is 4. The van der Waals surface area contributed by atoms with Crippen LogP contribution in [0.25, 0.3) is 0 Å². The molecule has 0 saturated heterocycles. The number of nitrogens with two attached hydrogens (primary N) is 1. The van der Waals surface area contributed by atoms with E-state index >= 15 is 0 Å². The summed E-state index contributed by atoms with van der Waals surface area (Å²) < 4.78 is 10.5. The second kappa shape index (κ2) is 6.60. The van der Waals surface area contributed by atoms with Crippen LogP contribution in [0.5, 0.6) is 11.6 Å². The Morgan fingerprint density at radius 2 is 2.00 bits per heavy atom. The van der Waals surface area contributed by atoms with Crippen LogP contribution in [0.3, 0.4) is 0 Å². The van der Waals surface area contributed by atoms with Crippen molar-refractivity contribution in [1.82, 2.24) is 9.97 Å². The second-order valence-corrected chi connectivity index (χ2v) is 4.52. The minimum atomic E-state index is -0.516. The van der Waals surface area contributed by atoms with Gasteiger partial charge < -0.3 is 15.2 Å². The number of hydrogen-bond acceptors (Lipinski definition) is 6. The zero-order valence-corrected chi connectivity index (χ0v) is 12.5. The first-order chi connectivity index (χ1) is 10.0. The van der Waals surface area contributed by atoms with Gasteiger partial charge in [-0.2, -0.15) is 4.98 Å². The molecule has 1 aromatic heterocycles. The fraction of sp³-hybridized carbons (Fsp3) is 0.154. The molecule has 0 aliphatic rings. The molecule has 1 aromatic carbocycles. The lowest BCUT2D eigenvalue weighted by Gasteiger charge is -2.11. The summed E-state index contributed by atoms with van der Waals surface area (Å²) in [5.74, 6) is -0.317. The summed E-state index contributed by atoms with van der Waals surface area (Å²) in [6, 6.07) is 6.52. The van der Waals surface area contributed by atoms with Crippen molar-refractivity contribution in [3.63, 3.8) is 0 Å². The number of benzene rings is 1. The normalized spacial score (nSPS) is 10.2. The average molecular weight is 328 g/mol. The molecule has 0 fully saturated rings. The molecule has 1 heterocycles. The Balaban J connectivity index is 2.39. The van der Waals surface area contributed by atoms with Gasteiger partial charge in [-0.05, 0) is 30.7 Å². The largest absolute Gasteiger partial charge is 0.462 e. The Kier molecular flexibility index (Phi) is 4.82. The van der Waals surface area contributed by atoms with Crippen molar-refractivity contribution in [2.75, 3.05) is 12.3 Å². The van der Waals surface area contributed by atoms with Crippen LogP contribution in [-0.2, 0) is 4.74 Å². The number of nitrogens with zero attached hydrogens (tertiary/aromatic N) is 2. The van der Waals surface area contributed by atoms with E-state index in [-0.39, 0.29) is 39.9 Å². The van der Waals surface area contributed by atoms with Gasteiger partial charge in [-0.3, -0.25) is 0 Å². The highest BCUT2D eigenvalue weighted by Gasteiger charge is 2.17.